The number of para-hydroxylation sites is 1. The number of rotatable bonds is 6. The number of anilines is 2. The van der Waals surface area contributed by atoms with Gasteiger partial charge >= 0.3 is 0 Å². The molecule has 1 aromatic carbocycles. The van der Waals surface area contributed by atoms with Gasteiger partial charge in [-0.1, -0.05) is 18.2 Å². The molecular weight excluding hydrogens is 264 g/mol. The molecule has 0 aliphatic rings. The Morgan fingerprint density at radius 3 is 2.81 bits per heavy atom. The Bertz CT molecular complexity index is 588. The average molecular weight is 286 g/mol. The fourth-order valence-electron chi connectivity index (χ4n) is 2.30. The summed E-state index contributed by atoms with van der Waals surface area (Å²) in [4.78, 5) is 6.33. The molecule has 2 aromatic rings. The highest BCUT2D eigenvalue weighted by Gasteiger charge is 2.13. The lowest BCUT2D eigenvalue weighted by Crippen LogP contribution is -2.31. The Labute approximate surface area is 125 Å². The summed E-state index contributed by atoms with van der Waals surface area (Å²) < 4.78 is 5.41. The molecule has 1 unspecified atom stereocenters. The van der Waals surface area contributed by atoms with Crippen molar-refractivity contribution in [2.75, 3.05) is 24.5 Å². The second kappa shape index (κ2) is 6.95. The number of nitrogens with two attached hydrogens (primary N) is 1. The van der Waals surface area contributed by atoms with Gasteiger partial charge in [-0.3, -0.25) is 0 Å². The molecule has 0 saturated carbocycles. The molecular formula is C16H22N4O. The van der Waals surface area contributed by atoms with Gasteiger partial charge < -0.3 is 15.1 Å². The van der Waals surface area contributed by atoms with Gasteiger partial charge in [-0.25, -0.2) is 10.8 Å². The maximum absolute atomic E-state index is 5.41. The molecule has 1 aromatic heterocycles. The van der Waals surface area contributed by atoms with Crippen molar-refractivity contribution in [3.63, 3.8) is 0 Å². The van der Waals surface area contributed by atoms with Crippen LogP contribution in [0.4, 0.5) is 11.5 Å². The summed E-state index contributed by atoms with van der Waals surface area (Å²) in [6.45, 7) is 2.18. The van der Waals surface area contributed by atoms with E-state index in [9.17, 15) is 0 Å². The lowest BCUT2D eigenvalue weighted by atomic mass is 10.0. The SMILES string of the molecule is COc1ccccc1CC(C)N(C)c1ccnc(NN)c1. The van der Waals surface area contributed by atoms with Gasteiger partial charge in [0, 0.05) is 31.0 Å². The Morgan fingerprint density at radius 2 is 2.10 bits per heavy atom. The molecule has 3 N–H and O–H groups in total. The summed E-state index contributed by atoms with van der Waals surface area (Å²) >= 11 is 0. The molecule has 0 saturated heterocycles. The zero-order valence-corrected chi connectivity index (χ0v) is 12.7. The molecule has 5 nitrogen and oxygen atoms in total. The van der Waals surface area contributed by atoms with Crippen LogP contribution < -0.4 is 20.9 Å². The second-order valence-corrected chi connectivity index (χ2v) is 5.02. The number of likely N-dealkylation sites (N-methyl/N-ethyl adjacent to an activating group) is 1. The van der Waals surface area contributed by atoms with Gasteiger partial charge in [-0.05, 0) is 31.0 Å². The van der Waals surface area contributed by atoms with E-state index in [0.717, 1.165) is 17.9 Å². The number of nitrogen functional groups attached to an aromatic ring is 1. The predicted molar refractivity (Wildman–Crippen MR) is 86.6 cm³/mol. The van der Waals surface area contributed by atoms with Crippen LogP contribution in [0.1, 0.15) is 12.5 Å². The summed E-state index contributed by atoms with van der Waals surface area (Å²) in [6.07, 6.45) is 2.64. The van der Waals surface area contributed by atoms with Crippen LogP contribution in [0, 0.1) is 0 Å². The summed E-state index contributed by atoms with van der Waals surface area (Å²) in [5.41, 5.74) is 4.84. The third-order valence-electron chi connectivity index (χ3n) is 3.67. The molecule has 112 valence electrons. The van der Waals surface area contributed by atoms with Crippen LogP contribution in [-0.4, -0.2) is 25.2 Å². The molecule has 0 aliphatic carbocycles. The van der Waals surface area contributed by atoms with Crippen molar-refractivity contribution >= 4 is 11.5 Å². The molecule has 0 aliphatic heterocycles. The standard InChI is InChI=1S/C16H22N4O/c1-12(10-13-6-4-5-7-15(13)21-3)20(2)14-8-9-18-16(11-14)19-17/h4-9,11-12H,10,17H2,1-3H3,(H,18,19). The van der Waals surface area contributed by atoms with Crippen molar-refractivity contribution < 1.29 is 4.74 Å². The highest BCUT2D eigenvalue weighted by molar-refractivity contribution is 5.53. The molecule has 0 amide bonds. The Hall–Kier alpha value is -2.27. The van der Waals surface area contributed by atoms with Crippen molar-refractivity contribution in [1.82, 2.24) is 4.98 Å². The maximum atomic E-state index is 5.41. The van der Waals surface area contributed by atoms with Crippen LogP contribution >= 0.6 is 0 Å². The minimum absolute atomic E-state index is 0.314. The summed E-state index contributed by atoms with van der Waals surface area (Å²) in [5, 5.41) is 0. The van der Waals surface area contributed by atoms with Gasteiger partial charge in [0.15, 0.2) is 0 Å². The van der Waals surface area contributed by atoms with E-state index in [1.807, 2.05) is 30.3 Å². The summed E-state index contributed by atoms with van der Waals surface area (Å²) in [5.74, 6) is 6.99. The third kappa shape index (κ3) is 3.64. The Morgan fingerprint density at radius 1 is 1.33 bits per heavy atom. The van der Waals surface area contributed by atoms with E-state index in [0.29, 0.717) is 11.9 Å². The highest BCUT2D eigenvalue weighted by atomic mass is 16.5. The summed E-state index contributed by atoms with van der Waals surface area (Å²) in [6, 6.07) is 12.3. The first kappa shape index (κ1) is 15.1. The minimum Gasteiger partial charge on any atom is -0.496 e. The van der Waals surface area contributed by atoms with Crippen molar-refractivity contribution in [1.29, 1.82) is 0 Å². The normalized spacial score (nSPS) is 11.8. The molecule has 21 heavy (non-hydrogen) atoms. The van der Waals surface area contributed by atoms with Crippen LogP contribution in [-0.2, 0) is 6.42 Å². The number of benzene rings is 1. The number of methoxy groups -OCH3 is 1. The second-order valence-electron chi connectivity index (χ2n) is 5.02. The van der Waals surface area contributed by atoms with Crippen LogP contribution in [0.5, 0.6) is 5.75 Å². The Balaban J connectivity index is 2.13. The van der Waals surface area contributed by atoms with Gasteiger partial charge in [-0.15, -0.1) is 0 Å². The minimum atomic E-state index is 0.314. The first-order valence-electron chi connectivity index (χ1n) is 6.93. The number of aromatic nitrogens is 1. The third-order valence-corrected chi connectivity index (χ3v) is 3.67. The molecule has 0 radical (unpaired) electrons. The average Bonchev–Trinajstić information content (AvgIpc) is 2.54. The van der Waals surface area contributed by atoms with E-state index in [1.165, 1.54) is 5.56 Å². The Kier molecular flexibility index (Phi) is 5.00. The van der Waals surface area contributed by atoms with Crippen molar-refractivity contribution in [3.8, 4) is 5.75 Å². The molecule has 0 bridgehead atoms. The highest BCUT2D eigenvalue weighted by Crippen LogP contribution is 2.23. The number of hydrogen-bond donors (Lipinski definition) is 2. The van der Waals surface area contributed by atoms with Gasteiger partial charge in [-0.2, -0.15) is 0 Å². The van der Waals surface area contributed by atoms with E-state index in [4.69, 9.17) is 10.6 Å². The maximum Gasteiger partial charge on any atom is 0.141 e. The lowest BCUT2D eigenvalue weighted by Gasteiger charge is -2.27. The molecule has 0 spiro atoms. The fourth-order valence-corrected chi connectivity index (χ4v) is 2.30. The zero-order chi connectivity index (χ0) is 15.2. The number of nitrogens with zero attached hydrogens (tertiary/aromatic N) is 2. The van der Waals surface area contributed by atoms with E-state index in [1.54, 1.807) is 13.3 Å². The fraction of sp³-hybridized carbons (Fsp3) is 0.312. The van der Waals surface area contributed by atoms with Gasteiger partial charge in [0.2, 0.25) is 0 Å². The quantitative estimate of drug-likeness (QED) is 0.631. The van der Waals surface area contributed by atoms with Crippen molar-refractivity contribution in [2.24, 2.45) is 5.84 Å². The first-order chi connectivity index (χ1) is 10.2. The van der Waals surface area contributed by atoms with E-state index in [-0.39, 0.29) is 0 Å². The van der Waals surface area contributed by atoms with Gasteiger partial charge in [0.1, 0.15) is 11.6 Å². The van der Waals surface area contributed by atoms with Crippen LogP contribution in [0.15, 0.2) is 42.6 Å². The lowest BCUT2D eigenvalue weighted by molar-refractivity contribution is 0.408. The molecule has 1 atom stereocenters. The number of ether oxygens (including phenoxy) is 1. The predicted octanol–water partition coefficient (Wildman–Crippen LogP) is 2.44. The number of hydrogen-bond acceptors (Lipinski definition) is 5. The summed E-state index contributed by atoms with van der Waals surface area (Å²) in [7, 11) is 3.77. The van der Waals surface area contributed by atoms with Gasteiger partial charge in [0.25, 0.3) is 0 Å². The molecule has 2 rings (SSSR count). The smallest absolute Gasteiger partial charge is 0.141 e. The number of pyridine rings is 1. The largest absolute Gasteiger partial charge is 0.496 e. The molecule has 0 fully saturated rings. The van der Waals surface area contributed by atoms with Crippen LogP contribution in [0.25, 0.3) is 0 Å². The van der Waals surface area contributed by atoms with Crippen LogP contribution in [0.3, 0.4) is 0 Å². The molecule has 1 heterocycles. The number of nitrogens with one attached hydrogen (secondary N) is 1. The van der Waals surface area contributed by atoms with E-state index >= 15 is 0 Å². The number of hydrazine groups is 1. The monoisotopic (exact) mass is 286 g/mol. The first-order valence-corrected chi connectivity index (χ1v) is 6.93. The van der Waals surface area contributed by atoms with Crippen molar-refractivity contribution in [3.05, 3.63) is 48.2 Å². The van der Waals surface area contributed by atoms with E-state index in [2.05, 4.69) is 35.3 Å². The molecule has 5 heteroatoms. The van der Waals surface area contributed by atoms with E-state index < -0.39 is 0 Å². The van der Waals surface area contributed by atoms with Crippen LogP contribution in [0.2, 0.25) is 0 Å². The van der Waals surface area contributed by atoms with Crippen molar-refractivity contribution in [2.45, 2.75) is 19.4 Å². The zero-order valence-electron chi connectivity index (χ0n) is 12.7. The topological polar surface area (TPSA) is 63.4 Å². The van der Waals surface area contributed by atoms with Gasteiger partial charge in [0.05, 0.1) is 7.11 Å².